The molecule has 2 rings (SSSR count). The highest BCUT2D eigenvalue weighted by atomic mass is 28.4. The highest BCUT2D eigenvalue weighted by Crippen LogP contribution is 2.42. The predicted molar refractivity (Wildman–Crippen MR) is 77.9 cm³/mol. The number of hydrogen-bond donors (Lipinski definition) is 0. The van der Waals surface area contributed by atoms with Crippen molar-refractivity contribution in [3.63, 3.8) is 0 Å². The van der Waals surface area contributed by atoms with Crippen molar-refractivity contribution in [2.75, 3.05) is 7.11 Å². The van der Waals surface area contributed by atoms with Crippen LogP contribution in [0.3, 0.4) is 0 Å². The summed E-state index contributed by atoms with van der Waals surface area (Å²) >= 11 is 0. The zero-order valence-electron chi connectivity index (χ0n) is 12.4. The average molecular weight is 293 g/mol. The lowest BCUT2D eigenvalue weighted by Crippen LogP contribution is -2.48. The van der Waals surface area contributed by atoms with Gasteiger partial charge in [-0.15, -0.1) is 0 Å². The van der Waals surface area contributed by atoms with Crippen LogP contribution in [0.1, 0.15) is 17.5 Å². The van der Waals surface area contributed by atoms with Crippen LogP contribution in [0.2, 0.25) is 19.6 Å². The number of methoxy groups -OCH3 is 1. The average Bonchev–Trinajstić information content (AvgIpc) is 2.40. The first-order valence-corrected chi connectivity index (χ1v) is 10.2. The van der Waals surface area contributed by atoms with Gasteiger partial charge in [0.1, 0.15) is 18.0 Å². The molecule has 1 aromatic carbocycles. The van der Waals surface area contributed by atoms with Crippen molar-refractivity contribution < 1.29 is 13.6 Å². The van der Waals surface area contributed by atoms with Gasteiger partial charge in [-0.2, -0.15) is 5.26 Å². The maximum absolute atomic E-state index is 14.5. The van der Waals surface area contributed by atoms with E-state index in [4.69, 9.17) is 9.16 Å². The molecule has 0 unspecified atom stereocenters. The molecule has 0 heterocycles. The minimum Gasteiger partial charge on any atom is -0.497 e. The Morgan fingerprint density at radius 2 is 2.10 bits per heavy atom. The van der Waals surface area contributed by atoms with Crippen LogP contribution in [0, 0.1) is 11.3 Å². The molecule has 0 spiro atoms. The summed E-state index contributed by atoms with van der Waals surface area (Å²) in [5.74, 6) is 0.723. The minimum atomic E-state index is -2.06. The van der Waals surface area contributed by atoms with Gasteiger partial charge in [0.05, 0.1) is 7.11 Å². The van der Waals surface area contributed by atoms with Gasteiger partial charge in [-0.1, -0.05) is 6.07 Å². The van der Waals surface area contributed by atoms with E-state index in [0.29, 0.717) is 18.4 Å². The van der Waals surface area contributed by atoms with Crippen molar-refractivity contribution in [1.82, 2.24) is 0 Å². The van der Waals surface area contributed by atoms with Gasteiger partial charge in [-0.05, 0) is 50.2 Å². The SMILES string of the molecule is COc1ccc2c(c1)CC[C@@H](F)[C@@]2(C#N)O[Si](C)(C)C. The van der Waals surface area contributed by atoms with Gasteiger partial charge in [-0.3, -0.25) is 0 Å². The number of hydrogen-bond acceptors (Lipinski definition) is 3. The van der Waals surface area contributed by atoms with Crippen LogP contribution in [0.5, 0.6) is 5.75 Å². The highest BCUT2D eigenvalue weighted by Gasteiger charge is 2.49. The lowest BCUT2D eigenvalue weighted by Gasteiger charge is -2.40. The third-order valence-corrected chi connectivity index (χ3v) is 4.39. The second-order valence-corrected chi connectivity index (χ2v) is 10.5. The third kappa shape index (κ3) is 2.58. The summed E-state index contributed by atoms with van der Waals surface area (Å²) in [6, 6.07) is 7.52. The second-order valence-electron chi connectivity index (χ2n) is 6.09. The summed E-state index contributed by atoms with van der Waals surface area (Å²) in [6.07, 6.45) is -0.384. The number of nitriles is 1. The fourth-order valence-corrected chi connectivity index (χ4v) is 3.92. The quantitative estimate of drug-likeness (QED) is 0.800. The standard InChI is InChI=1S/C15H20FNO2Si/c1-18-12-6-7-13-11(9-12)5-8-14(16)15(13,10-17)19-20(2,3)4/h6-7,9,14H,5,8H2,1-4H3/t14-,15+/m1/s1. The molecule has 0 amide bonds. The Morgan fingerprint density at radius 3 is 2.65 bits per heavy atom. The number of aryl methyl sites for hydroxylation is 1. The fraction of sp³-hybridized carbons (Fsp3) is 0.533. The third-order valence-electron chi connectivity index (χ3n) is 3.45. The first-order valence-electron chi connectivity index (χ1n) is 6.75. The molecular formula is C15H20FNO2Si. The molecule has 3 nitrogen and oxygen atoms in total. The van der Waals surface area contributed by atoms with Crippen LogP contribution in [-0.4, -0.2) is 21.6 Å². The topological polar surface area (TPSA) is 42.2 Å². The molecular weight excluding hydrogens is 273 g/mol. The van der Waals surface area contributed by atoms with Gasteiger partial charge >= 0.3 is 0 Å². The summed E-state index contributed by atoms with van der Waals surface area (Å²) < 4.78 is 25.7. The summed E-state index contributed by atoms with van der Waals surface area (Å²) in [7, 11) is -0.468. The number of alkyl halides is 1. The van der Waals surface area contributed by atoms with E-state index in [2.05, 4.69) is 6.07 Å². The Morgan fingerprint density at radius 1 is 1.40 bits per heavy atom. The first kappa shape index (κ1) is 15.0. The smallest absolute Gasteiger partial charge is 0.202 e. The summed E-state index contributed by atoms with van der Waals surface area (Å²) in [5, 5.41) is 9.62. The lowest BCUT2D eigenvalue weighted by atomic mass is 9.78. The van der Waals surface area contributed by atoms with E-state index >= 15 is 0 Å². The van der Waals surface area contributed by atoms with Crippen LogP contribution in [0.25, 0.3) is 0 Å². The van der Waals surface area contributed by atoms with Crippen molar-refractivity contribution in [2.45, 2.75) is 44.3 Å². The zero-order chi connectivity index (χ0) is 15.0. The molecule has 0 fully saturated rings. The summed E-state index contributed by atoms with van der Waals surface area (Å²) in [4.78, 5) is 0. The van der Waals surface area contributed by atoms with E-state index in [9.17, 15) is 9.65 Å². The molecule has 5 heteroatoms. The zero-order valence-corrected chi connectivity index (χ0v) is 13.4. The highest BCUT2D eigenvalue weighted by molar-refractivity contribution is 6.69. The molecule has 20 heavy (non-hydrogen) atoms. The molecule has 0 saturated carbocycles. The van der Waals surface area contributed by atoms with Gasteiger partial charge in [-0.25, -0.2) is 4.39 Å². The number of halogens is 1. The molecule has 0 saturated heterocycles. The largest absolute Gasteiger partial charge is 0.497 e. The predicted octanol–water partition coefficient (Wildman–Crippen LogP) is 3.55. The van der Waals surface area contributed by atoms with Gasteiger partial charge in [0.2, 0.25) is 5.60 Å². The van der Waals surface area contributed by atoms with Crippen LogP contribution in [0.15, 0.2) is 18.2 Å². The Balaban J connectivity index is 2.56. The molecule has 1 aliphatic carbocycles. The number of nitrogens with zero attached hydrogens (tertiary/aromatic N) is 1. The van der Waals surface area contributed by atoms with E-state index in [-0.39, 0.29) is 0 Å². The van der Waals surface area contributed by atoms with E-state index in [1.54, 1.807) is 19.2 Å². The molecule has 108 valence electrons. The van der Waals surface area contributed by atoms with E-state index in [1.165, 1.54) is 0 Å². The van der Waals surface area contributed by atoms with Crippen molar-refractivity contribution in [3.05, 3.63) is 29.3 Å². The summed E-state index contributed by atoms with van der Waals surface area (Å²) in [6.45, 7) is 5.91. The molecule has 2 atom stereocenters. The van der Waals surface area contributed by atoms with Gasteiger partial charge in [0.25, 0.3) is 0 Å². The van der Waals surface area contributed by atoms with Crippen LogP contribution in [0.4, 0.5) is 4.39 Å². The Labute approximate surface area is 120 Å². The Bertz CT molecular complexity index is 550. The number of benzene rings is 1. The monoisotopic (exact) mass is 293 g/mol. The van der Waals surface area contributed by atoms with Gasteiger partial charge < -0.3 is 9.16 Å². The van der Waals surface area contributed by atoms with Crippen molar-refractivity contribution >= 4 is 8.32 Å². The molecule has 1 aromatic rings. The van der Waals surface area contributed by atoms with E-state index in [1.807, 2.05) is 25.7 Å². The molecule has 1 aliphatic rings. The Hall–Kier alpha value is -1.38. The van der Waals surface area contributed by atoms with Crippen molar-refractivity contribution in [1.29, 1.82) is 5.26 Å². The minimum absolute atomic E-state index is 0.304. The first-order chi connectivity index (χ1) is 9.32. The molecule has 0 N–H and O–H groups in total. The molecule has 0 aromatic heterocycles. The van der Waals surface area contributed by atoms with Crippen LogP contribution < -0.4 is 4.74 Å². The maximum atomic E-state index is 14.5. The van der Waals surface area contributed by atoms with Crippen LogP contribution in [-0.2, 0) is 16.4 Å². The van der Waals surface area contributed by atoms with Crippen molar-refractivity contribution in [2.24, 2.45) is 0 Å². The van der Waals surface area contributed by atoms with Crippen molar-refractivity contribution in [3.8, 4) is 11.8 Å². The van der Waals surface area contributed by atoms with Gasteiger partial charge in [0, 0.05) is 5.56 Å². The number of ether oxygens (including phenoxy) is 1. The fourth-order valence-electron chi connectivity index (χ4n) is 2.68. The van der Waals surface area contributed by atoms with E-state index < -0.39 is 20.1 Å². The number of rotatable bonds is 3. The van der Waals surface area contributed by atoms with Gasteiger partial charge in [0.15, 0.2) is 8.32 Å². The number of fused-ring (bicyclic) bond motifs is 1. The normalized spacial score (nSPS) is 25.7. The molecule has 0 aliphatic heterocycles. The Kier molecular flexibility index (Phi) is 3.90. The van der Waals surface area contributed by atoms with E-state index in [0.717, 1.165) is 11.3 Å². The molecule has 0 radical (unpaired) electrons. The maximum Gasteiger partial charge on any atom is 0.202 e. The summed E-state index contributed by atoms with van der Waals surface area (Å²) in [5.41, 5.74) is 0.129. The second kappa shape index (κ2) is 5.19. The van der Waals surface area contributed by atoms with Crippen LogP contribution >= 0.6 is 0 Å². The lowest BCUT2D eigenvalue weighted by molar-refractivity contribution is 0.0146. The molecule has 0 bridgehead atoms.